The van der Waals surface area contributed by atoms with Crippen molar-refractivity contribution in [2.24, 2.45) is 0 Å². The molecule has 4 N–H and O–H groups in total. The van der Waals surface area contributed by atoms with Gasteiger partial charge in [-0.05, 0) is 36.5 Å². The molecule has 3 aromatic rings. The zero-order chi connectivity index (χ0) is 18.4. The Labute approximate surface area is 164 Å². The van der Waals surface area contributed by atoms with Crippen LogP contribution in [0.25, 0.3) is 11.3 Å². The van der Waals surface area contributed by atoms with E-state index >= 15 is 0 Å². The van der Waals surface area contributed by atoms with Crippen LogP contribution in [0.3, 0.4) is 0 Å². The highest BCUT2D eigenvalue weighted by Crippen LogP contribution is 2.25. The quantitative estimate of drug-likeness (QED) is 0.383. The van der Waals surface area contributed by atoms with Crippen LogP contribution in [0.4, 0.5) is 15.6 Å². The van der Waals surface area contributed by atoms with Gasteiger partial charge in [0.25, 0.3) is 0 Å². The molecule has 3 rings (SSSR count). The summed E-state index contributed by atoms with van der Waals surface area (Å²) < 4.78 is 0. The predicted molar refractivity (Wildman–Crippen MR) is 111 cm³/mol. The van der Waals surface area contributed by atoms with E-state index in [4.69, 9.17) is 23.8 Å². The lowest BCUT2D eigenvalue weighted by molar-refractivity contribution is 0.250. The highest BCUT2D eigenvalue weighted by molar-refractivity contribution is 7.80. The maximum atomic E-state index is 11.9. The number of halogens is 1. The number of benzene rings is 2. The van der Waals surface area contributed by atoms with Crippen molar-refractivity contribution in [3.8, 4) is 11.3 Å². The van der Waals surface area contributed by atoms with Gasteiger partial charge in [-0.25, -0.2) is 15.2 Å². The van der Waals surface area contributed by atoms with E-state index in [2.05, 4.69) is 26.5 Å². The molecule has 9 heteroatoms. The second-order valence-corrected chi connectivity index (χ2v) is 6.77. The molecule has 0 unspecified atom stereocenters. The molecule has 1 heterocycles. The van der Waals surface area contributed by atoms with Crippen LogP contribution in [0.5, 0.6) is 0 Å². The molecule has 1 aromatic heterocycles. The number of hydrazine groups is 1. The number of para-hydroxylation sites is 1. The van der Waals surface area contributed by atoms with Crippen LogP contribution in [0.2, 0.25) is 5.02 Å². The van der Waals surface area contributed by atoms with Crippen LogP contribution in [0, 0.1) is 0 Å². The van der Waals surface area contributed by atoms with Crippen LogP contribution >= 0.6 is 35.2 Å². The second kappa shape index (κ2) is 8.61. The van der Waals surface area contributed by atoms with E-state index < -0.39 is 6.03 Å². The molecule has 0 radical (unpaired) electrons. The highest BCUT2D eigenvalue weighted by Gasteiger charge is 2.08. The van der Waals surface area contributed by atoms with Crippen molar-refractivity contribution in [3.05, 3.63) is 65.0 Å². The molecule has 0 spiro atoms. The average molecular weight is 404 g/mol. The number of thiazole rings is 1. The molecule has 0 bridgehead atoms. The number of urea groups is 1. The van der Waals surface area contributed by atoms with E-state index in [-0.39, 0.29) is 5.11 Å². The van der Waals surface area contributed by atoms with E-state index in [1.165, 1.54) is 11.3 Å². The van der Waals surface area contributed by atoms with Gasteiger partial charge in [0.1, 0.15) is 0 Å². The summed E-state index contributed by atoms with van der Waals surface area (Å²) in [4.78, 5) is 16.3. The zero-order valence-electron chi connectivity index (χ0n) is 13.3. The Balaban J connectivity index is 1.49. The third kappa shape index (κ3) is 5.16. The molecular formula is C17H14ClN5OS2. The number of aromatic nitrogens is 1. The molecule has 0 aliphatic heterocycles. The summed E-state index contributed by atoms with van der Waals surface area (Å²) in [6.07, 6.45) is 0. The SMILES string of the molecule is O=C(NNC(=S)Nc1ccccc1)Nc1nc(-c2ccc(Cl)cc2)cs1. The number of hydrogen-bond acceptors (Lipinski definition) is 4. The average Bonchev–Trinajstić information content (AvgIpc) is 3.10. The number of amides is 2. The standard InChI is InChI=1S/C17H14ClN5OS2/c18-12-8-6-11(7-9-12)14-10-26-17(20-14)21-15(24)22-23-16(25)19-13-4-2-1-3-5-13/h1-10H,(H2,19,23,25)(H2,20,21,22,24). The van der Waals surface area contributed by atoms with Gasteiger partial charge in [0, 0.05) is 21.7 Å². The van der Waals surface area contributed by atoms with E-state index in [0.29, 0.717) is 10.2 Å². The van der Waals surface area contributed by atoms with Gasteiger partial charge >= 0.3 is 6.03 Å². The first-order valence-corrected chi connectivity index (χ1v) is 9.17. The van der Waals surface area contributed by atoms with Crippen molar-refractivity contribution in [1.82, 2.24) is 15.8 Å². The first-order valence-electron chi connectivity index (χ1n) is 7.50. The fourth-order valence-electron chi connectivity index (χ4n) is 2.01. The minimum Gasteiger partial charge on any atom is -0.331 e. The maximum absolute atomic E-state index is 11.9. The fourth-order valence-corrected chi connectivity index (χ4v) is 3.02. The van der Waals surface area contributed by atoms with Crippen molar-refractivity contribution in [1.29, 1.82) is 0 Å². The Kier molecular flexibility index (Phi) is 6.00. The first-order chi connectivity index (χ1) is 12.6. The van der Waals surface area contributed by atoms with Crippen molar-refractivity contribution >= 4 is 57.1 Å². The normalized spacial score (nSPS) is 10.0. The minimum atomic E-state index is -0.473. The summed E-state index contributed by atoms with van der Waals surface area (Å²) >= 11 is 12.3. The van der Waals surface area contributed by atoms with Crippen molar-refractivity contribution < 1.29 is 4.79 Å². The number of carbonyl (C=O) groups is 1. The van der Waals surface area contributed by atoms with Crippen LogP contribution in [-0.4, -0.2) is 16.1 Å². The zero-order valence-corrected chi connectivity index (χ0v) is 15.7. The number of thiocarbonyl (C=S) groups is 1. The van der Waals surface area contributed by atoms with E-state index in [9.17, 15) is 4.79 Å². The fraction of sp³-hybridized carbons (Fsp3) is 0. The van der Waals surface area contributed by atoms with Gasteiger partial charge in [0.2, 0.25) is 0 Å². The molecule has 0 fully saturated rings. The largest absolute Gasteiger partial charge is 0.339 e. The molecular weight excluding hydrogens is 390 g/mol. The number of nitrogens with one attached hydrogen (secondary N) is 4. The Bertz CT molecular complexity index is 899. The van der Waals surface area contributed by atoms with Crippen molar-refractivity contribution in [2.45, 2.75) is 0 Å². The number of anilines is 2. The lowest BCUT2D eigenvalue weighted by Gasteiger charge is -2.11. The third-order valence-electron chi connectivity index (χ3n) is 3.19. The molecule has 6 nitrogen and oxygen atoms in total. The Morgan fingerprint density at radius 1 is 1.00 bits per heavy atom. The van der Waals surface area contributed by atoms with Crippen LogP contribution < -0.4 is 21.5 Å². The Hall–Kier alpha value is -2.68. The molecule has 132 valence electrons. The smallest absolute Gasteiger partial charge is 0.331 e. The number of hydrogen-bond donors (Lipinski definition) is 4. The van der Waals surface area contributed by atoms with E-state index in [1.54, 1.807) is 12.1 Å². The van der Waals surface area contributed by atoms with Crippen LogP contribution in [-0.2, 0) is 0 Å². The molecule has 0 aliphatic rings. The van der Waals surface area contributed by atoms with E-state index in [0.717, 1.165) is 16.9 Å². The predicted octanol–water partition coefficient (Wildman–Crippen LogP) is 4.49. The molecule has 2 aromatic carbocycles. The number of nitrogens with zero attached hydrogens (tertiary/aromatic N) is 1. The summed E-state index contributed by atoms with van der Waals surface area (Å²) in [6.45, 7) is 0. The monoisotopic (exact) mass is 403 g/mol. The van der Waals surface area contributed by atoms with Gasteiger partial charge in [-0.1, -0.05) is 41.9 Å². The minimum absolute atomic E-state index is 0.271. The summed E-state index contributed by atoms with van der Waals surface area (Å²) in [7, 11) is 0. The summed E-state index contributed by atoms with van der Waals surface area (Å²) in [5.74, 6) is 0. The highest BCUT2D eigenvalue weighted by atomic mass is 35.5. The molecule has 0 saturated carbocycles. The second-order valence-electron chi connectivity index (χ2n) is 5.07. The molecule has 0 aliphatic carbocycles. The number of rotatable bonds is 3. The van der Waals surface area contributed by atoms with E-state index in [1.807, 2.05) is 47.8 Å². The molecule has 0 saturated heterocycles. The third-order valence-corrected chi connectivity index (χ3v) is 4.40. The Morgan fingerprint density at radius 2 is 1.73 bits per heavy atom. The first kappa shape index (κ1) is 18.1. The maximum Gasteiger partial charge on any atom is 0.339 e. The van der Waals surface area contributed by atoms with Crippen molar-refractivity contribution in [2.75, 3.05) is 10.6 Å². The molecule has 2 amide bonds. The summed E-state index contributed by atoms with van der Waals surface area (Å²) in [5.41, 5.74) is 7.57. The van der Waals surface area contributed by atoms with Crippen LogP contribution in [0.15, 0.2) is 60.0 Å². The summed E-state index contributed by atoms with van der Waals surface area (Å²) in [6, 6.07) is 16.2. The van der Waals surface area contributed by atoms with Gasteiger partial charge in [-0.15, -0.1) is 11.3 Å². The molecule has 26 heavy (non-hydrogen) atoms. The van der Waals surface area contributed by atoms with Gasteiger partial charge < -0.3 is 5.32 Å². The van der Waals surface area contributed by atoms with Gasteiger partial charge in [-0.3, -0.25) is 10.7 Å². The van der Waals surface area contributed by atoms with Gasteiger partial charge in [0.15, 0.2) is 10.2 Å². The van der Waals surface area contributed by atoms with Crippen molar-refractivity contribution in [3.63, 3.8) is 0 Å². The lowest BCUT2D eigenvalue weighted by atomic mass is 10.2. The lowest BCUT2D eigenvalue weighted by Crippen LogP contribution is -2.45. The van der Waals surface area contributed by atoms with Gasteiger partial charge in [-0.2, -0.15) is 0 Å². The Morgan fingerprint density at radius 3 is 2.46 bits per heavy atom. The van der Waals surface area contributed by atoms with Gasteiger partial charge in [0.05, 0.1) is 5.69 Å². The number of carbonyl (C=O) groups excluding carboxylic acids is 1. The topological polar surface area (TPSA) is 78.1 Å². The molecule has 0 atom stereocenters. The van der Waals surface area contributed by atoms with Crippen LogP contribution in [0.1, 0.15) is 0 Å². The summed E-state index contributed by atoms with van der Waals surface area (Å²) in [5, 5.41) is 8.84.